The van der Waals surface area contributed by atoms with E-state index in [0.29, 0.717) is 12.5 Å². The Balaban J connectivity index is 0.00000392. The molecule has 0 radical (unpaired) electrons. The van der Waals surface area contributed by atoms with Crippen LogP contribution >= 0.6 is 24.0 Å². The summed E-state index contributed by atoms with van der Waals surface area (Å²) in [5, 5.41) is 6.27. The van der Waals surface area contributed by atoms with Crippen molar-refractivity contribution in [3.8, 4) is 0 Å². The molecule has 0 unspecified atom stereocenters. The highest BCUT2D eigenvalue weighted by atomic mass is 127. The number of halogens is 3. The minimum atomic E-state index is -0.457. The highest BCUT2D eigenvalue weighted by Crippen LogP contribution is 2.12. The molecule has 2 rings (SSSR count). The van der Waals surface area contributed by atoms with E-state index in [2.05, 4.69) is 46.5 Å². The van der Waals surface area contributed by atoms with E-state index < -0.39 is 11.6 Å². The maximum atomic E-state index is 13.7. The third-order valence-electron chi connectivity index (χ3n) is 4.53. The zero-order valence-electron chi connectivity index (χ0n) is 16.6. The zero-order valence-corrected chi connectivity index (χ0v) is 19.0. The molecule has 0 aliphatic carbocycles. The number of nitrogens with zero attached hydrogens (tertiary/aromatic N) is 2. The molecule has 0 atom stereocenters. The van der Waals surface area contributed by atoms with E-state index >= 15 is 0 Å². The van der Waals surface area contributed by atoms with Crippen LogP contribution in [0.5, 0.6) is 0 Å². The van der Waals surface area contributed by atoms with Gasteiger partial charge in [0.1, 0.15) is 11.6 Å². The summed E-state index contributed by atoms with van der Waals surface area (Å²) in [6.45, 7) is 7.96. The van der Waals surface area contributed by atoms with Crippen molar-refractivity contribution < 1.29 is 8.78 Å². The fourth-order valence-electron chi connectivity index (χ4n) is 2.83. The Kier molecular flexibility index (Phi) is 11.0. The number of rotatable bonds is 8. The second kappa shape index (κ2) is 12.7. The topological polar surface area (TPSA) is 39.7 Å². The van der Waals surface area contributed by atoms with E-state index in [9.17, 15) is 8.78 Å². The SMILES string of the molecule is CCN(CC)Cc1ccccc1CNC(=NC)NCc1cc(F)ccc1F.I. The van der Waals surface area contributed by atoms with Crippen molar-refractivity contribution in [1.82, 2.24) is 15.5 Å². The Morgan fingerprint density at radius 1 is 0.929 bits per heavy atom. The largest absolute Gasteiger partial charge is 0.352 e. The van der Waals surface area contributed by atoms with Crippen molar-refractivity contribution in [3.05, 3.63) is 70.8 Å². The van der Waals surface area contributed by atoms with Gasteiger partial charge >= 0.3 is 0 Å². The van der Waals surface area contributed by atoms with Gasteiger partial charge in [0.25, 0.3) is 0 Å². The highest BCUT2D eigenvalue weighted by molar-refractivity contribution is 14.0. The van der Waals surface area contributed by atoms with Crippen LogP contribution in [0.15, 0.2) is 47.5 Å². The van der Waals surface area contributed by atoms with Gasteiger partial charge in [-0.05, 0) is 42.4 Å². The van der Waals surface area contributed by atoms with Crippen molar-refractivity contribution in [2.24, 2.45) is 4.99 Å². The minimum Gasteiger partial charge on any atom is -0.352 e. The van der Waals surface area contributed by atoms with Crippen molar-refractivity contribution in [3.63, 3.8) is 0 Å². The predicted octanol–water partition coefficient (Wildman–Crippen LogP) is 4.29. The lowest BCUT2D eigenvalue weighted by Gasteiger charge is -2.20. The number of aliphatic imine (C=N–C) groups is 1. The van der Waals surface area contributed by atoms with Crippen LogP contribution in [0.4, 0.5) is 8.78 Å². The van der Waals surface area contributed by atoms with Gasteiger partial charge in [-0.25, -0.2) is 8.78 Å². The van der Waals surface area contributed by atoms with Gasteiger partial charge in [-0.3, -0.25) is 9.89 Å². The van der Waals surface area contributed by atoms with E-state index in [0.717, 1.165) is 31.8 Å². The third kappa shape index (κ3) is 7.35. The minimum absolute atomic E-state index is 0. The molecule has 2 aromatic carbocycles. The van der Waals surface area contributed by atoms with Gasteiger partial charge in [0.05, 0.1) is 0 Å². The van der Waals surface area contributed by atoms with Crippen molar-refractivity contribution in [1.29, 1.82) is 0 Å². The Morgan fingerprint density at radius 2 is 1.54 bits per heavy atom. The van der Waals surface area contributed by atoms with Gasteiger partial charge in [0.2, 0.25) is 0 Å². The van der Waals surface area contributed by atoms with Crippen LogP contribution in [0, 0.1) is 11.6 Å². The maximum absolute atomic E-state index is 13.7. The number of nitrogens with one attached hydrogen (secondary N) is 2. The molecule has 2 aromatic rings. The molecule has 0 amide bonds. The van der Waals surface area contributed by atoms with Crippen molar-refractivity contribution >= 4 is 29.9 Å². The first-order chi connectivity index (χ1) is 13.1. The first-order valence-electron chi connectivity index (χ1n) is 9.24. The Morgan fingerprint density at radius 3 is 2.14 bits per heavy atom. The molecule has 0 heterocycles. The number of hydrogen-bond donors (Lipinski definition) is 2. The molecule has 2 N–H and O–H groups in total. The molecule has 0 saturated heterocycles. The molecular weight excluding hydrogens is 473 g/mol. The summed E-state index contributed by atoms with van der Waals surface area (Å²) in [6, 6.07) is 11.7. The third-order valence-corrected chi connectivity index (χ3v) is 4.53. The van der Waals surface area contributed by atoms with Gasteiger partial charge in [0.15, 0.2) is 5.96 Å². The van der Waals surface area contributed by atoms with Crippen LogP contribution in [0.25, 0.3) is 0 Å². The van der Waals surface area contributed by atoms with Crippen LogP contribution < -0.4 is 10.6 Å². The molecule has 0 aliphatic rings. The molecule has 0 saturated carbocycles. The molecule has 0 aliphatic heterocycles. The standard InChI is InChI=1S/C21H28F2N4.HI/c1-4-27(5-2)15-17-9-7-6-8-16(17)13-25-21(24-3)26-14-18-12-19(22)10-11-20(18)23;/h6-12H,4-5,13-15H2,1-3H3,(H2,24,25,26);1H. The van der Waals surface area contributed by atoms with Crippen LogP contribution in [-0.2, 0) is 19.6 Å². The first kappa shape index (κ1) is 24.3. The fraction of sp³-hybridized carbons (Fsp3) is 0.381. The molecular formula is C21H29F2IN4. The van der Waals surface area contributed by atoms with Crippen LogP contribution in [-0.4, -0.2) is 31.0 Å². The van der Waals surface area contributed by atoms with Gasteiger partial charge in [-0.1, -0.05) is 38.1 Å². The molecule has 4 nitrogen and oxygen atoms in total. The van der Waals surface area contributed by atoms with E-state index in [1.54, 1.807) is 7.05 Å². The number of guanidine groups is 1. The van der Waals surface area contributed by atoms with Crippen molar-refractivity contribution in [2.75, 3.05) is 20.1 Å². The number of hydrogen-bond acceptors (Lipinski definition) is 2. The highest BCUT2D eigenvalue weighted by Gasteiger charge is 2.08. The van der Waals surface area contributed by atoms with Gasteiger partial charge in [-0.2, -0.15) is 0 Å². The molecule has 0 fully saturated rings. The van der Waals surface area contributed by atoms with Gasteiger partial charge in [-0.15, -0.1) is 24.0 Å². The van der Waals surface area contributed by atoms with Crippen LogP contribution in [0.1, 0.15) is 30.5 Å². The quantitative estimate of drug-likeness (QED) is 0.322. The fourth-order valence-corrected chi connectivity index (χ4v) is 2.83. The molecule has 28 heavy (non-hydrogen) atoms. The molecule has 7 heteroatoms. The van der Waals surface area contributed by atoms with Crippen LogP contribution in [0.3, 0.4) is 0 Å². The average molecular weight is 502 g/mol. The summed E-state index contributed by atoms with van der Waals surface area (Å²) in [6.07, 6.45) is 0. The summed E-state index contributed by atoms with van der Waals surface area (Å²) < 4.78 is 27.0. The lowest BCUT2D eigenvalue weighted by Crippen LogP contribution is -2.37. The molecule has 0 aromatic heterocycles. The molecule has 154 valence electrons. The summed E-state index contributed by atoms with van der Waals surface area (Å²) in [5.41, 5.74) is 2.71. The van der Waals surface area contributed by atoms with Gasteiger partial charge in [0, 0.05) is 32.2 Å². The lowest BCUT2D eigenvalue weighted by molar-refractivity contribution is 0.295. The lowest BCUT2D eigenvalue weighted by atomic mass is 10.1. The summed E-state index contributed by atoms with van der Waals surface area (Å²) in [4.78, 5) is 6.52. The average Bonchev–Trinajstić information content (AvgIpc) is 2.69. The predicted molar refractivity (Wildman–Crippen MR) is 122 cm³/mol. The first-order valence-corrected chi connectivity index (χ1v) is 9.24. The summed E-state index contributed by atoms with van der Waals surface area (Å²) in [7, 11) is 1.65. The van der Waals surface area contributed by atoms with Crippen LogP contribution in [0.2, 0.25) is 0 Å². The van der Waals surface area contributed by atoms with E-state index in [1.807, 2.05) is 12.1 Å². The monoisotopic (exact) mass is 502 g/mol. The van der Waals surface area contributed by atoms with E-state index in [1.165, 1.54) is 17.2 Å². The Bertz CT molecular complexity index is 764. The molecule has 0 spiro atoms. The second-order valence-electron chi connectivity index (χ2n) is 6.25. The van der Waals surface area contributed by atoms with Gasteiger partial charge < -0.3 is 10.6 Å². The number of benzene rings is 2. The zero-order chi connectivity index (χ0) is 19.6. The second-order valence-corrected chi connectivity index (χ2v) is 6.25. The Hall–Kier alpha value is -1.74. The summed E-state index contributed by atoms with van der Waals surface area (Å²) >= 11 is 0. The normalized spacial score (nSPS) is 11.3. The molecule has 0 bridgehead atoms. The maximum Gasteiger partial charge on any atom is 0.191 e. The van der Waals surface area contributed by atoms with E-state index in [-0.39, 0.29) is 36.1 Å². The smallest absolute Gasteiger partial charge is 0.191 e. The van der Waals surface area contributed by atoms with Crippen molar-refractivity contribution in [2.45, 2.75) is 33.5 Å². The van der Waals surface area contributed by atoms with E-state index in [4.69, 9.17) is 0 Å². The Labute approximate surface area is 183 Å². The summed E-state index contributed by atoms with van der Waals surface area (Å²) in [5.74, 6) is -0.360.